The normalized spacial score (nSPS) is 18.9. The Morgan fingerprint density at radius 3 is 2.72 bits per heavy atom. The van der Waals surface area contributed by atoms with Crippen LogP contribution >= 0.6 is 11.6 Å². The van der Waals surface area contributed by atoms with E-state index in [4.69, 9.17) is 20.9 Å². The zero-order valence-electron chi connectivity index (χ0n) is 16.7. The molecule has 7 heteroatoms. The lowest BCUT2D eigenvalue weighted by molar-refractivity contribution is -0.131. The minimum Gasteiger partial charge on any atom is -0.381 e. The number of aryl methyl sites for hydroxylation is 1. The van der Waals surface area contributed by atoms with Crippen molar-refractivity contribution < 1.29 is 14.1 Å². The molecule has 0 spiro atoms. The third kappa shape index (κ3) is 5.58. The van der Waals surface area contributed by atoms with Crippen molar-refractivity contribution in [3.8, 4) is 0 Å². The van der Waals surface area contributed by atoms with Gasteiger partial charge in [0.2, 0.25) is 11.8 Å². The molecule has 156 valence electrons. The van der Waals surface area contributed by atoms with Crippen LogP contribution in [0.3, 0.4) is 0 Å². The van der Waals surface area contributed by atoms with Crippen LogP contribution in [0.5, 0.6) is 0 Å². The van der Waals surface area contributed by atoms with Crippen LogP contribution in [-0.2, 0) is 22.4 Å². The van der Waals surface area contributed by atoms with Crippen LogP contribution in [0.25, 0.3) is 0 Å². The van der Waals surface area contributed by atoms with Crippen LogP contribution < -0.4 is 0 Å². The summed E-state index contributed by atoms with van der Waals surface area (Å²) in [5.41, 5.74) is 0.974. The molecule has 29 heavy (non-hydrogen) atoms. The second-order valence-electron chi connectivity index (χ2n) is 8.11. The number of piperidine rings is 1. The summed E-state index contributed by atoms with van der Waals surface area (Å²) in [6.07, 6.45) is 6.30. The van der Waals surface area contributed by atoms with Gasteiger partial charge in [0, 0.05) is 43.7 Å². The number of halogens is 1. The molecular formula is C22H28ClN3O3. The molecular weight excluding hydrogens is 390 g/mol. The molecule has 1 aromatic heterocycles. The van der Waals surface area contributed by atoms with E-state index in [0.717, 1.165) is 82.1 Å². The Balaban J connectivity index is 1.20. The topological polar surface area (TPSA) is 68.5 Å². The van der Waals surface area contributed by atoms with Gasteiger partial charge in [-0.15, -0.1) is 0 Å². The predicted molar refractivity (Wildman–Crippen MR) is 110 cm³/mol. The number of nitrogens with zero attached hydrogens (tertiary/aromatic N) is 3. The maximum absolute atomic E-state index is 12.6. The Bertz CT molecular complexity index is 811. The van der Waals surface area contributed by atoms with Crippen molar-refractivity contribution in [1.29, 1.82) is 0 Å². The number of carbonyl (C=O) groups is 1. The van der Waals surface area contributed by atoms with Crippen LogP contribution in [0.15, 0.2) is 28.8 Å². The van der Waals surface area contributed by atoms with Crippen molar-refractivity contribution in [3.05, 3.63) is 46.6 Å². The predicted octanol–water partition coefficient (Wildman–Crippen LogP) is 4.03. The molecule has 6 nitrogen and oxygen atoms in total. The average molecular weight is 418 g/mol. The Labute approximate surface area is 176 Å². The molecule has 2 fully saturated rings. The quantitative estimate of drug-likeness (QED) is 0.709. The summed E-state index contributed by atoms with van der Waals surface area (Å²) in [6, 6.07) is 7.54. The first kappa shape index (κ1) is 20.4. The van der Waals surface area contributed by atoms with Crippen LogP contribution in [-0.4, -0.2) is 47.3 Å². The standard InChI is InChI=1S/C22H28ClN3O3/c23-19-3-1-2-17(14-19)15-21(27)26-10-6-16(7-11-26)4-5-20-24-22(29-25-20)18-8-12-28-13-9-18/h1-3,14,16,18H,4-13,15H2. The highest BCUT2D eigenvalue weighted by Crippen LogP contribution is 2.27. The maximum atomic E-state index is 12.6. The fourth-order valence-corrected chi connectivity index (χ4v) is 4.43. The molecule has 2 aliphatic rings. The van der Waals surface area contributed by atoms with E-state index in [-0.39, 0.29) is 5.91 Å². The van der Waals surface area contributed by atoms with E-state index in [1.807, 2.05) is 29.2 Å². The minimum absolute atomic E-state index is 0.185. The highest BCUT2D eigenvalue weighted by Gasteiger charge is 2.25. The van der Waals surface area contributed by atoms with E-state index in [1.54, 1.807) is 0 Å². The number of benzene rings is 1. The summed E-state index contributed by atoms with van der Waals surface area (Å²) in [5.74, 6) is 2.72. The molecule has 0 N–H and O–H groups in total. The molecule has 3 heterocycles. The average Bonchev–Trinajstić information content (AvgIpc) is 3.22. The second-order valence-corrected chi connectivity index (χ2v) is 8.54. The summed E-state index contributed by atoms with van der Waals surface area (Å²) >= 11 is 6.02. The third-order valence-electron chi connectivity index (χ3n) is 6.04. The van der Waals surface area contributed by atoms with Crippen molar-refractivity contribution in [1.82, 2.24) is 15.0 Å². The Kier molecular flexibility index (Phi) is 6.82. The fourth-order valence-electron chi connectivity index (χ4n) is 4.22. The lowest BCUT2D eigenvalue weighted by Crippen LogP contribution is -2.39. The number of likely N-dealkylation sites (tertiary alicyclic amines) is 1. The Morgan fingerprint density at radius 1 is 1.17 bits per heavy atom. The highest BCUT2D eigenvalue weighted by atomic mass is 35.5. The zero-order chi connectivity index (χ0) is 20.1. The van der Waals surface area contributed by atoms with Gasteiger partial charge in [0.1, 0.15) is 0 Å². The fraction of sp³-hybridized carbons (Fsp3) is 0.591. The molecule has 0 atom stereocenters. The monoisotopic (exact) mass is 417 g/mol. The summed E-state index contributed by atoms with van der Waals surface area (Å²) in [7, 11) is 0. The van der Waals surface area contributed by atoms with Gasteiger partial charge in [-0.25, -0.2) is 0 Å². The molecule has 1 amide bonds. The largest absolute Gasteiger partial charge is 0.381 e. The first-order chi connectivity index (χ1) is 14.2. The zero-order valence-corrected chi connectivity index (χ0v) is 17.4. The molecule has 0 radical (unpaired) electrons. The number of hydrogen-bond donors (Lipinski definition) is 0. The van der Waals surface area contributed by atoms with Gasteiger partial charge in [0.05, 0.1) is 6.42 Å². The smallest absolute Gasteiger partial charge is 0.229 e. The van der Waals surface area contributed by atoms with E-state index in [9.17, 15) is 4.79 Å². The van der Waals surface area contributed by atoms with Crippen LogP contribution in [0.2, 0.25) is 5.02 Å². The molecule has 0 unspecified atom stereocenters. The summed E-state index contributed by atoms with van der Waals surface area (Å²) in [4.78, 5) is 19.1. The van der Waals surface area contributed by atoms with Gasteiger partial charge in [-0.2, -0.15) is 4.98 Å². The molecule has 1 aromatic carbocycles. The van der Waals surface area contributed by atoms with E-state index >= 15 is 0 Å². The van der Waals surface area contributed by atoms with Gasteiger partial charge in [0.25, 0.3) is 0 Å². The summed E-state index contributed by atoms with van der Waals surface area (Å²) in [6.45, 7) is 3.20. The third-order valence-corrected chi connectivity index (χ3v) is 6.28. The highest BCUT2D eigenvalue weighted by molar-refractivity contribution is 6.30. The van der Waals surface area contributed by atoms with Crippen LogP contribution in [0.4, 0.5) is 0 Å². The van der Waals surface area contributed by atoms with Gasteiger partial charge >= 0.3 is 0 Å². The lowest BCUT2D eigenvalue weighted by atomic mass is 9.92. The van der Waals surface area contributed by atoms with Gasteiger partial charge in [-0.3, -0.25) is 4.79 Å². The molecule has 2 aromatic rings. The first-order valence-electron chi connectivity index (χ1n) is 10.6. The van der Waals surface area contributed by atoms with Gasteiger partial charge in [-0.05, 0) is 55.7 Å². The number of hydrogen-bond acceptors (Lipinski definition) is 5. The molecule has 0 bridgehead atoms. The van der Waals surface area contributed by atoms with Gasteiger partial charge in [-0.1, -0.05) is 28.9 Å². The minimum atomic E-state index is 0.185. The number of ether oxygens (including phenoxy) is 1. The van der Waals surface area contributed by atoms with Crippen molar-refractivity contribution in [2.75, 3.05) is 26.3 Å². The van der Waals surface area contributed by atoms with E-state index in [2.05, 4.69) is 10.1 Å². The molecule has 0 saturated carbocycles. The van der Waals surface area contributed by atoms with Crippen molar-refractivity contribution in [2.24, 2.45) is 5.92 Å². The van der Waals surface area contributed by atoms with Gasteiger partial charge in [0.15, 0.2) is 5.82 Å². The van der Waals surface area contributed by atoms with Crippen molar-refractivity contribution in [2.45, 2.75) is 50.9 Å². The molecule has 2 saturated heterocycles. The first-order valence-corrected chi connectivity index (χ1v) is 11.0. The van der Waals surface area contributed by atoms with Crippen LogP contribution in [0.1, 0.15) is 55.3 Å². The lowest BCUT2D eigenvalue weighted by Gasteiger charge is -2.32. The second kappa shape index (κ2) is 9.72. The van der Waals surface area contributed by atoms with Crippen molar-refractivity contribution >= 4 is 17.5 Å². The number of carbonyl (C=O) groups excluding carboxylic acids is 1. The molecule has 2 aliphatic heterocycles. The maximum Gasteiger partial charge on any atom is 0.229 e. The van der Waals surface area contributed by atoms with E-state index < -0.39 is 0 Å². The molecule has 0 aliphatic carbocycles. The van der Waals surface area contributed by atoms with E-state index in [1.165, 1.54) is 0 Å². The summed E-state index contributed by atoms with van der Waals surface area (Å²) in [5, 5.41) is 4.85. The summed E-state index contributed by atoms with van der Waals surface area (Å²) < 4.78 is 10.9. The number of amides is 1. The Hall–Kier alpha value is -1.92. The van der Waals surface area contributed by atoms with E-state index in [0.29, 0.717) is 23.3 Å². The van der Waals surface area contributed by atoms with Gasteiger partial charge < -0.3 is 14.2 Å². The SMILES string of the molecule is O=C(Cc1cccc(Cl)c1)N1CCC(CCc2noc(C3CCOCC3)n2)CC1. The molecule has 4 rings (SSSR count). The number of rotatable bonds is 6. The van der Waals surface area contributed by atoms with Crippen molar-refractivity contribution in [3.63, 3.8) is 0 Å². The Morgan fingerprint density at radius 2 is 1.97 bits per heavy atom. The number of aromatic nitrogens is 2. The van der Waals surface area contributed by atoms with Crippen LogP contribution in [0, 0.1) is 5.92 Å².